The van der Waals surface area contributed by atoms with Crippen molar-refractivity contribution in [1.29, 1.82) is 0 Å². The van der Waals surface area contributed by atoms with Crippen LogP contribution in [0.2, 0.25) is 0 Å². The van der Waals surface area contributed by atoms with Crippen LogP contribution in [0.1, 0.15) is 28.4 Å². The molecule has 0 aliphatic rings. The molecule has 0 unspecified atom stereocenters. The Balaban J connectivity index is 2.18. The van der Waals surface area contributed by atoms with Crippen LogP contribution in [0.3, 0.4) is 0 Å². The Bertz CT molecular complexity index is 1110. The summed E-state index contributed by atoms with van der Waals surface area (Å²) in [5.41, 5.74) is 3.38. The van der Waals surface area contributed by atoms with Crippen molar-refractivity contribution in [2.45, 2.75) is 27.3 Å². The smallest absolute Gasteiger partial charge is 0.325 e. The third kappa shape index (κ3) is 3.99. The number of aryl methyl sites for hydroxylation is 2. The van der Waals surface area contributed by atoms with Gasteiger partial charge in [0.1, 0.15) is 17.8 Å². The van der Waals surface area contributed by atoms with Crippen LogP contribution in [0.4, 0.5) is 0 Å². The average molecular weight is 398 g/mol. The van der Waals surface area contributed by atoms with Gasteiger partial charge in [-0.05, 0) is 56.2 Å². The SMILES string of the molecule is CCOc1cccc2sc(=NC(=O)c3ccc(C)c(C)c3)n(CC(=O)OC)c12. The molecule has 146 valence electrons. The van der Waals surface area contributed by atoms with Crippen molar-refractivity contribution in [3.8, 4) is 5.75 Å². The maximum atomic E-state index is 12.8. The highest BCUT2D eigenvalue weighted by Gasteiger charge is 2.16. The van der Waals surface area contributed by atoms with Gasteiger partial charge < -0.3 is 14.0 Å². The van der Waals surface area contributed by atoms with Gasteiger partial charge in [-0.3, -0.25) is 9.59 Å². The summed E-state index contributed by atoms with van der Waals surface area (Å²) in [6.07, 6.45) is 0. The van der Waals surface area contributed by atoms with Gasteiger partial charge in [-0.2, -0.15) is 4.99 Å². The zero-order valence-electron chi connectivity index (χ0n) is 16.3. The van der Waals surface area contributed by atoms with E-state index < -0.39 is 5.97 Å². The van der Waals surface area contributed by atoms with Crippen LogP contribution in [-0.4, -0.2) is 30.2 Å². The van der Waals surface area contributed by atoms with Gasteiger partial charge in [0, 0.05) is 5.56 Å². The Kier molecular flexibility index (Phi) is 5.94. The first-order valence-electron chi connectivity index (χ1n) is 8.93. The number of carbonyl (C=O) groups excluding carboxylic acids is 2. The molecule has 0 aliphatic carbocycles. The molecule has 0 saturated heterocycles. The van der Waals surface area contributed by atoms with E-state index in [9.17, 15) is 9.59 Å². The summed E-state index contributed by atoms with van der Waals surface area (Å²) in [5, 5.41) is 0. The number of ether oxygens (including phenoxy) is 2. The molecule has 0 fully saturated rings. The number of hydrogen-bond donors (Lipinski definition) is 0. The number of fused-ring (bicyclic) bond motifs is 1. The van der Waals surface area contributed by atoms with E-state index in [1.54, 1.807) is 10.6 Å². The number of rotatable bonds is 5. The Morgan fingerprint density at radius 2 is 1.93 bits per heavy atom. The highest BCUT2D eigenvalue weighted by Crippen LogP contribution is 2.27. The van der Waals surface area contributed by atoms with Crippen molar-refractivity contribution >= 4 is 33.4 Å². The lowest BCUT2D eigenvalue weighted by molar-refractivity contribution is -0.141. The van der Waals surface area contributed by atoms with E-state index in [0.29, 0.717) is 22.7 Å². The van der Waals surface area contributed by atoms with E-state index in [0.717, 1.165) is 21.3 Å². The van der Waals surface area contributed by atoms with E-state index in [-0.39, 0.29) is 12.5 Å². The standard InChI is InChI=1S/C21H22N2O4S/c1-5-27-16-7-6-8-17-19(16)23(12-18(24)26-4)21(28-17)22-20(25)15-10-9-13(2)14(3)11-15/h6-11H,5,12H2,1-4H3. The van der Waals surface area contributed by atoms with Crippen molar-refractivity contribution in [2.75, 3.05) is 13.7 Å². The summed E-state index contributed by atoms with van der Waals surface area (Å²) in [5.74, 6) is -0.141. The highest BCUT2D eigenvalue weighted by atomic mass is 32.1. The van der Waals surface area contributed by atoms with Crippen molar-refractivity contribution in [1.82, 2.24) is 4.57 Å². The largest absolute Gasteiger partial charge is 0.492 e. The number of amides is 1. The lowest BCUT2D eigenvalue weighted by Gasteiger charge is -2.09. The van der Waals surface area contributed by atoms with Crippen LogP contribution < -0.4 is 9.54 Å². The second-order valence-electron chi connectivity index (χ2n) is 6.30. The number of para-hydroxylation sites is 1. The van der Waals surface area contributed by atoms with Crippen LogP contribution in [-0.2, 0) is 16.1 Å². The third-order valence-electron chi connectivity index (χ3n) is 4.43. The van der Waals surface area contributed by atoms with Crippen LogP contribution >= 0.6 is 11.3 Å². The predicted molar refractivity (Wildman–Crippen MR) is 109 cm³/mol. The van der Waals surface area contributed by atoms with Gasteiger partial charge in [-0.1, -0.05) is 23.5 Å². The zero-order valence-corrected chi connectivity index (χ0v) is 17.1. The Morgan fingerprint density at radius 1 is 1.14 bits per heavy atom. The summed E-state index contributed by atoms with van der Waals surface area (Å²) in [6, 6.07) is 11.1. The molecule has 0 radical (unpaired) electrons. The molecule has 6 nitrogen and oxygen atoms in total. The molecule has 3 rings (SSSR count). The zero-order chi connectivity index (χ0) is 20.3. The maximum absolute atomic E-state index is 12.8. The van der Waals surface area contributed by atoms with Gasteiger partial charge >= 0.3 is 5.97 Å². The van der Waals surface area contributed by atoms with Crippen LogP contribution in [0.25, 0.3) is 10.2 Å². The van der Waals surface area contributed by atoms with Crippen molar-refractivity contribution in [3.05, 3.63) is 57.9 Å². The Hall–Kier alpha value is -2.93. The molecule has 7 heteroatoms. The minimum atomic E-state index is -0.425. The number of nitrogens with zero attached hydrogens (tertiary/aromatic N) is 2. The summed E-state index contributed by atoms with van der Waals surface area (Å²) in [4.78, 5) is 29.5. The summed E-state index contributed by atoms with van der Waals surface area (Å²) in [7, 11) is 1.33. The minimum Gasteiger partial charge on any atom is -0.492 e. The second kappa shape index (κ2) is 8.39. The average Bonchev–Trinajstić information content (AvgIpc) is 3.02. The number of carbonyl (C=O) groups is 2. The molecule has 0 N–H and O–H groups in total. The lowest BCUT2D eigenvalue weighted by Crippen LogP contribution is -2.22. The molecule has 3 aromatic rings. The summed E-state index contributed by atoms with van der Waals surface area (Å²) >= 11 is 1.33. The van der Waals surface area contributed by atoms with Crippen molar-refractivity contribution in [2.24, 2.45) is 4.99 Å². The third-order valence-corrected chi connectivity index (χ3v) is 5.47. The van der Waals surface area contributed by atoms with E-state index >= 15 is 0 Å². The first-order chi connectivity index (χ1) is 13.4. The van der Waals surface area contributed by atoms with Crippen LogP contribution in [0.5, 0.6) is 5.75 Å². The summed E-state index contributed by atoms with van der Waals surface area (Å²) in [6.45, 7) is 6.27. The fourth-order valence-corrected chi connectivity index (χ4v) is 3.87. The Morgan fingerprint density at radius 3 is 2.61 bits per heavy atom. The molecule has 0 aliphatic heterocycles. The number of aromatic nitrogens is 1. The summed E-state index contributed by atoms with van der Waals surface area (Å²) < 4.78 is 13.1. The normalized spacial score (nSPS) is 11.6. The van der Waals surface area contributed by atoms with E-state index in [1.165, 1.54) is 18.4 Å². The topological polar surface area (TPSA) is 69.9 Å². The molecular formula is C21H22N2O4S. The molecule has 1 aromatic heterocycles. The van der Waals surface area contributed by atoms with E-state index in [1.807, 2.05) is 51.1 Å². The van der Waals surface area contributed by atoms with E-state index in [4.69, 9.17) is 9.47 Å². The molecule has 28 heavy (non-hydrogen) atoms. The van der Waals surface area contributed by atoms with Gasteiger partial charge in [0.05, 0.1) is 18.4 Å². The fourth-order valence-electron chi connectivity index (χ4n) is 2.82. The van der Waals surface area contributed by atoms with Gasteiger partial charge in [-0.25, -0.2) is 0 Å². The number of hydrogen-bond acceptors (Lipinski definition) is 5. The van der Waals surface area contributed by atoms with E-state index in [2.05, 4.69) is 4.99 Å². The molecule has 0 saturated carbocycles. The van der Waals surface area contributed by atoms with Crippen molar-refractivity contribution in [3.63, 3.8) is 0 Å². The quantitative estimate of drug-likeness (QED) is 0.616. The van der Waals surface area contributed by atoms with Gasteiger partial charge in [0.15, 0.2) is 4.80 Å². The molecule has 0 bridgehead atoms. The highest BCUT2D eigenvalue weighted by molar-refractivity contribution is 7.16. The number of benzene rings is 2. The molecule has 2 aromatic carbocycles. The number of esters is 1. The second-order valence-corrected chi connectivity index (χ2v) is 7.31. The predicted octanol–water partition coefficient (Wildman–Crippen LogP) is 3.63. The molecular weight excluding hydrogens is 376 g/mol. The number of methoxy groups -OCH3 is 1. The molecule has 1 amide bonds. The lowest BCUT2D eigenvalue weighted by atomic mass is 10.1. The Labute approximate surface area is 167 Å². The maximum Gasteiger partial charge on any atom is 0.325 e. The molecule has 1 heterocycles. The fraction of sp³-hybridized carbons (Fsp3) is 0.286. The van der Waals surface area contributed by atoms with Crippen molar-refractivity contribution < 1.29 is 19.1 Å². The van der Waals surface area contributed by atoms with Gasteiger partial charge in [0.25, 0.3) is 5.91 Å². The number of thiazole rings is 1. The first-order valence-corrected chi connectivity index (χ1v) is 9.74. The van der Waals surface area contributed by atoms with Crippen LogP contribution in [0, 0.1) is 13.8 Å². The molecule has 0 spiro atoms. The minimum absolute atomic E-state index is 0.0559. The first kappa shape index (κ1) is 19.8. The molecule has 0 atom stereocenters. The van der Waals surface area contributed by atoms with Gasteiger partial charge in [-0.15, -0.1) is 0 Å². The van der Waals surface area contributed by atoms with Crippen LogP contribution in [0.15, 0.2) is 41.4 Å². The van der Waals surface area contributed by atoms with Gasteiger partial charge in [0.2, 0.25) is 0 Å². The monoisotopic (exact) mass is 398 g/mol.